The molecule has 0 atom stereocenters. The summed E-state index contributed by atoms with van der Waals surface area (Å²) in [4.78, 5) is 31.0. The lowest BCUT2D eigenvalue weighted by Crippen LogP contribution is -2.40. The summed E-state index contributed by atoms with van der Waals surface area (Å²) in [6.45, 7) is 1.80. The molecule has 0 saturated carbocycles. The molecule has 10 nitrogen and oxygen atoms in total. The van der Waals surface area contributed by atoms with Crippen LogP contribution in [-0.4, -0.2) is 53.6 Å². The number of nitrogens with zero attached hydrogens (tertiary/aromatic N) is 7. The number of carbonyl (C=O) groups excluding carboxylic acids is 1. The minimum Gasteiger partial charge on any atom is -0.360 e. The van der Waals surface area contributed by atoms with Gasteiger partial charge >= 0.3 is 0 Å². The van der Waals surface area contributed by atoms with Crippen molar-refractivity contribution in [1.29, 1.82) is 0 Å². The van der Waals surface area contributed by atoms with Gasteiger partial charge in [-0.2, -0.15) is 5.10 Å². The smallest absolute Gasteiger partial charge is 0.276 e. The maximum Gasteiger partial charge on any atom is 0.276 e. The molecule has 0 spiro atoms. The Morgan fingerprint density at radius 2 is 2.00 bits per heavy atom. The van der Waals surface area contributed by atoms with Gasteiger partial charge in [0.15, 0.2) is 11.5 Å². The van der Waals surface area contributed by atoms with E-state index in [0.29, 0.717) is 31.1 Å². The first kappa shape index (κ1) is 18.7. The van der Waals surface area contributed by atoms with E-state index in [9.17, 15) is 9.59 Å². The molecule has 1 aliphatic carbocycles. The predicted octanol–water partition coefficient (Wildman–Crippen LogP) is 1.24. The number of rotatable bonds is 4. The fraction of sp³-hybridized carbons (Fsp3) is 0.500. The Kier molecular flexibility index (Phi) is 4.89. The standard InChI is InChI=1S/C20H23N7O3/c28-18-6-5-17(27-13-21-12-22-27)23-26(18)11-14-7-9-25(10-8-14)20(29)19-15-3-1-2-4-16(15)30-24-19/h5-6,12-14H,1-4,7-11H2. The molecule has 3 aromatic heterocycles. The summed E-state index contributed by atoms with van der Waals surface area (Å²) in [5.74, 6) is 1.66. The van der Waals surface area contributed by atoms with Crippen molar-refractivity contribution < 1.29 is 9.32 Å². The van der Waals surface area contributed by atoms with Crippen molar-refractivity contribution in [3.05, 3.63) is 52.2 Å². The van der Waals surface area contributed by atoms with Gasteiger partial charge in [0, 0.05) is 37.7 Å². The van der Waals surface area contributed by atoms with Gasteiger partial charge in [0.2, 0.25) is 0 Å². The van der Waals surface area contributed by atoms with Crippen LogP contribution in [0.15, 0.2) is 34.1 Å². The molecule has 10 heteroatoms. The fourth-order valence-corrected chi connectivity index (χ4v) is 4.28. The number of likely N-dealkylation sites (tertiary alicyclic amines) is 1. The van der Waals surface area contributed by atoms with Crippen LogP contribution < -0.4 is 5.56 Å². The Bertz CT molecular complexity index is 1090. The third-order valence-electron chi connectivity index (χ3n) is 5.99. The van der Waals surface area contributed by atoms with E-state index in [1.807, 2.05) is 4.90 Å². The maximum atomic E-state index is 12.9. The second-order valence-electron chi connectivity index (χ2n) is 7.93. The molecule has 0 bridgehead atoms. The van der Waals surface area contributed by atoms with Gasteiger partial charge < -0.3 is 9.42 Å². The lowest BCUT2D eigenvalue weighted by Gasteiger charge is -2.31. The van der Waals surface area contributed by atoms with E-state index in [4.69, 9.17) is 4.52 Å². The number of carbonyl (C=O) groups is 1. The molecule has 156 valence electrons. The molecule has 4 heterocycles. The van der Waals surface area contributed by atoms with E-state index in [1.54, 1.807) is 12.4 Å². The third kappa shape index (κ3) is 3.53. The number of hydrogen-bond acceptors (Lipinski definition) is 7. The van der Waals surface area contributed by atoms with Crippen LogP contribution in [0.3, 0.4) is 0 Å². The van der Waals surface area contributed by atoms with Gasteiger partial charge in [-0.05, 0) is 44.1 Å². The maximum absolute atomic E-state index is 12.9. The minimum absolute atomic E-state index is 0.0381. The fourth-order valence-electron chi connectivity index (χ4n) is 4.28. The zero-order valence-corrected chi connectivity index (χ0v) is 16.6. The highest BCUT2D eigenvalue weighted by molar-refractivity contribution is 5.94. The molecule has 1 amide bonds. The molecular weight excluding hydrogens is 386 g/mol. The van der Waals surface area contributed by atoms with Crippen LogP contribution >= 0.6 is 0 Å². The summed E-state index contributed by atoms with van der Waals surface area (Å²) in [5, 5.41) is 12.5. The van der Waals surface area contributed by atoms with E-state index in [1.165, 1.54) is 21.8 Å². The van der Waals surface area contributed by atoms with E-state index in [-0.39, 0.29) is 17.4 Å². The van der Waals surface area contributed by atoms with Crippen molar-refractivity contribution in [1.82, 2.24) is 34.6 Å². The lowest BCUT2D eigenvalue weighted by atomic mass is 9.94. The van der Waals surface area contributed by atoms with Crippen LogP contribution in [0.25, 0.3) is 5.82 Å². The molecule has 1 saturated heterocycles. The van der Waals surface area contributed by atoms with Crippen molar-refractivity contribution in [3.8, 4) is 5.82 Å². The summed E-state index contributed by atoms with van der Waals surface area (Å²) >= 11 is 0. The third-order valence-corrected chi connectivity index (χ3v) is 5.99. The van der Waals surface area contributed by atoms with E-state index in [2.05, 4.69) is 20.3 Å². The van der Waals surface area contributed by atoms with Crippen LogP contribution in [0, 0.1) is 5.92 Å². The largest absolute Gasteiger partial charge is 0.360 e. The number of fused-ring (bicyclic) bond motifs is 1. The first-order valence-corrected chi connectivity index (χ1v) is 10.4. The predicted molar refractivity (Wildman–Crippen MR) is 105 cm³/mol. The molecule has 1 fully saturated rings. The van der Waals surface area contributed by atoms with Gasteiger partial charge in [-0.15, -0.1) is 5.10 Å². The highest BCUT2D eigenvalue weighted by Gasteiger charge is 2.30. The van der Waals surface area contributed by atoms with Crippen LogP contribution in [0.5, 0.6) is 0 Å². The van der Waals surface area contributed by atoms with E-state index >= 15 is 0 Å². The van der Waals surface area contributed by atoms with Gasteiger partial charge in [0.05, 0.1) is 0 Å². The van der Waals surface area contributed by atoms with Crippen LogP contribution in [0.2, 0.25) is 0 Å². The quantitative estimate of drug-likeness (QED) is 0.637. The van der Waals surface area contributed by atoms with Gasteiger partial charge in [0.1, 0.15) is 18.4 Å². The molecule has 2 aliphatic rings. The SMILES string of the molecule is O=C(c1noc2c1CCCC2)N1CCC(Cn2nc(-n3cncn3)ccc2=O)CC1. The second kappa shape index (κ2) is 7.85. The molecule has 0 radical (unpaired) electrons. The van der Waals surface area contributed by atoms with Gasteiger partial charge in [-0.25, -0.2) is 14.3 Å². The summed E-state index contributed by atoms with van der Waals surface area (Å²) in [6, 6.07) is 3.13. The van der Waals surface area contributed by atoms with Crippen molar-refractivity contribution in [3.63, 3.8) is 0 Å². The molecule has 0 unspecified atom stereocenters. The van der Waals surface area contributed by atoms with E-state index < -0.39 is 0 Å². The topological polar surface area (TPSA) is 112 Å². The molecule has 30 heavy (non-hydrogen) atoms. The zero-order valence-electron chi connectivity index (χ0n) is 16.6. The minimum atomic E-state index is -0.147. The van der Waals surface area contributed by atoms with Crippen molar-refractivity contribution in [2.24, 2.45) is 5.92 Å². The summed E-state index contributed by atoms with van der Waals surface area (Å²) in [6.07, 6.45) is 8.50. The Labute approximate surface area is 172 Å². The van der Waals surface area contributed by atoms with Crippen molar-refractivity contribution in [2.45, 2.75) is 45.1 Å². The highest BCUT2D eigenvalue weighted by Crippen LogP contribution is 2.27. The van der Waals surface area contributed by atoms with Crippen molar-refractivity contribution in [2.75, 3.05) is 13.1 Å². The van der Waals surface area contributed by atoms with E-state index in [0.717, 1.165) is 49.8 Å². The normalized spacial score (nSPS) is 17.1. The Hall–Kier alpha value is -3.30. The van der Waals surface area contributed by atoms with Gasteiger partial charge in [-0.3, -0.25) is 9.59 Å². The number of aryl methyl sites for hydroxylation is 1. The van der Waals surface area contributed by atoms with Crippen LogP contribution in [0.4, 0.5) is 0 Å². The molecule has 0 aromatic carbocycles. The highest BCUT2D eigenvalue weighted by atomic mass is 16.5. The lowest BCUT2D eigenvalue weighted by molar-refractivity contribution is 0.0669. The summed E-state index contributed by atoms with van der Waals surface area (Å²) < 4.78 is 8.40. The molecule has 5 rings (SSSR count). The molecule has 0 N–H and O–H groups in total. The number of aromatic nitrogens is 6. The van der Waals surface area contributed by atoms with Crippen LogP contribution in [0.1, 0.15) is 47.5 Å². The van der Waals surface area contributed by atoms with Gasteiger partial charge in [0.25, 0.3) is 11.5 Å². The number of piperidine rings is 1. The molecule has 1 aliphatic heterocycles. The average molecular weight is 409 g/mol. The number of amides is 1. The first-order valence-electron chi connectivity index (χ1n) is 10.4. The summed E-state index contributed by atoms with van der Waals surface area (Å²) in [5.41, 5.74) is 1.34. The van der Waals surface area contributed by atoms with Crippen molar-refractivity contribution >= 4 is 5.91 Å². The first-order chi connectivity index (χ1) is 14.7. The monoisotopic (exact) mass is 409 g/mol. The molecule has 3 aromatic rings. The Morgan fingerprint density at radius 3 is 2.80 bits per heavy atom. The Balaban J connectivity index is 1.24. The number of hydrogen-bond donors (Lipinski definition) is 0. The molecular formula is C20H23N7O3. The second-order valence-corrected chi connectivity index (χ2v) is 7.93. The van der Waals surface area contributed by atoms with Gasteiger partial charge in [-0.1, -0.05) is 5.16 Å². The Morgan fingerprint density at radius 1 is 1.17 bits per heavy atom. The summed E-state index contributed by atoms with van der Waals surface area (Å²) in [7, 11) is 0. The van der Waals surface area contributed by atoms with Crippen LogP contribution in [-0.2, 0) is 19.4 Å². The average Bonchev–Trinajstić information content (AvgIpc) is 3.46. The zero-order chi connectivity index (χ0) is 20.5.